The van der Waals surface area contributed by atoms with Gasteiger partial charge in [0.05, 0.1) is 0 Å². The molecule has 4 aromatic rings. The van der Waals surface area contributed by atoms with Crippen molar-refractivity contribution < 1.29 is 4.79 Å². The first-order chi connectivity index (χ1) is 17.7. The Balaban J connectivity index is 1.68. The van der Waals surface area contributed by atoms with Crippen LogP contribution in [0.15, 0.2) is 42.5 Å². The zero-order chi connectivity index (χ0) is 26.3. The van der Waals surface area contributed by atoms with E-state index in [2.05, 4.69) is 46.8 Å². The van der Waals surface area contributed by atoms with E-state index in [4.69, 9.17) is 32.3 Å². The summed E-state index contributed by atoms with van der Waals surface area (Å²) in [5, 5.41) is 3.99. The molecule has 0 radical (unpaired) electrons. The van der Waals surface area contributed by atoms with E-state index in [-0.39, 0.29) is 5.91 Å². The van der Waals surface area contributed by atoms with Gasteiger partial charge in [0.2, 0.25) is 5.91 Å². The number of amides is 1. The summed E-state index contributed by atoms with van der Waals surface area (Å²) in [4.78, 5) is 29.3. The Hall–Kier alpha value is -3.49. The highest BCUT2D eigenvalue weighted by Crippen LogP contribution is 2.35. The zero-order valence-corrected chi connectivity index (χ0v) is 22.4. The van der Waals surface area contributed by atoms with Crippen LogP contribution in [-0.2, 0) is 4.79 Å². The van der Waals surface area contributed by atoms with E-state index in [1.54, 1.807) is 0 Å². The van der Waals surface area contributed by atoms with Crippen LogP contribution in [0.25, 0.3) is 28.2 Å². The number of hydrogen-bond acceptors (Lipinski definition) is 6. The predicted molar refractivity (Wildman–Crippen MR) is 148 cm³/mol. The Morgan fingerprint density at radius 3 is 2.38 bits per heavy atom. The van der Waals surface area contributed by atoms with Gasteiger partial charge in [-0.1, -0.05) is 42.3 Å². The molecule has 0 spiro atoms. The molecule has 5 rings (SSSR count). The van der Waals surface area contributed by atoms with Crippen molar-refractivity contribution in [2.24, 2.45) is 5.73 Å². The normalized spacial score (nSPS) is 15.3. The fourth-order valence-electron chi connectivity index (χ4n) is 5.30. The summed E-state index contributed by atoms with van der Waals surface area (Å²) in [6.07, 6.45) is 1.20. The standard InChI is InChI=1S/C28H32ClN7O/c1-5-31-28(27(30)37)12-14-35(15-13-28)25-23-26(33-19(4)32-25)36(21-9-7-20(29)8-10-21)24(34-23)22-11-6-17(2)16-18(22)3/h6-11,16,31H,5,12-15H2,1-4H3,(H2,30,37). The molecule has 8 nitrogen and oxygen atoms in total. The van der Waals surface area contributed by atoms with Crippen LogP contribution in [0.4, 0.5) is 5.82 Å². The van der Waals surface area contributed by atoms with Crippen molar-refractivity contribution in [2.45, 2.75) is 46.1 Å². The fourth-order valence-corrected chi connectivity index (χ4v) is 5.42. The van der Waals surface area contributed by atoms with Crippen LogP contribution in [0.5, 0.6) is 0 Å². The summed E-state index contributed by atoms with van der Waals surface area (Å²) in [6, 6.07) is 14.1. The van der Waals surface area contributed by atoms with E-state index in [1.807, 2.05) is 38.1 Å². The highest BCUT2D eigenvalue weighted by Gasteiger charge is 2.40. The topological polar surface area (TPSA) is 102 Å². The number of aryl methyl sites for hydroxylation is 3. The number of aromatic nitrogens is 4. The molecule has 2 aromatic carbocycles. The van der Waals surface area contributed by atoms with Crippen molar-refractivity contribution in [1.82, 2.24) is 24.8 Å². The average Bonchev–Trinajstić information content (AvgIpc) is 3.23. The number of fused-ring (bicyclic) bond motifs is 1. The lowest BCUT2D eigenvalue weighted by Crippen LogP contribution is -2.61. The number of primary amides is 1. The van der Waals surface area contributed by atoms with E-state index in [9.17, 15) is 4.79 Å². The number of nitrogens with one attached hydrogen (secondary N) is 1. The Morgan fingerprint density at radius 1 is 1.05 bits per heavy atom. The number of nitrogens with two attached hydrogens (primary N) is 1. The summed E-state index contributed by atoms with van der Waals surface area (Å²) < 4.78 is 2.08. The summed E-state index contributed by atoms with van der Waals surface area (Å²) in [5.41, 5.74) is 10.8. The second-order valence-corrected chi connectivity index (χ2v) is 10.2. The highest BCUT2D eigenvalue weighted by molar-refractivity contribution is 6.30. The predicted octanol–water partition coefficient (Wildman–Crippen LogP) is 4.49. The number of nitrogens with zero attached hydrogens (tertiary/aromatic N) is 5. The maximum atomic E-state index is 12.3. The lowest BCUT2D eigenvalue weighted by molar-refractivity contribution is -0.125. The molecular formula is C28H32ClN7O. The minimum Gasteiger partial charge on any atom is -0.368 e. The fraction of sp³-hybridized carbons (Fsp3) is 0.357. The van der Waals surface area contributed by atoms with Crippen molar-refractivity contribution in [3.63, 3.8) is 0 Å². The minimum atomic E-state index is -0.695. The summed E-state index contributed by atoms with van der Waals surface area (Å²) >= 11 is 6.22. The molecule has 0 bridgehead atoms. The van der Waals surface area contributed by atoms with Gasteiger partial charge in [-0.25, -0.2) is 15.0 Å². The quantitative estimate of drug-likeness (QED) is 0.390. The van der Waals surface area contributed by atoms with Crippen LogP contribution < -0.4 is 16.0 Å². The monoisotopic (exact) mass is 517 g/mol. The smallest absolute Gasteiger partial charge is 0.237 e. The molecule has 0 saturated carbocycles. The van der Waals surface area contributed by atoms with Crippen molar-refractivity contribution >= 4 is 34.5 Å². The van der Waals surface area contributed by atoms with Crippen LogP contribution in [0.1, 0.15) is 36.7 Å². The Morgan fingerprint density at radius 2 is 1.76 bits per heavy atom. The zero-order valence-electron chi connectivity index (χ0n) is 21.7. The summed E-state index contributed by atoms with van der Waals surface area (Å²) in [6.45, 7) is 10.0. The first kappa shape index (κ1) is 25.2. The number of imidazole rings is 1. The lowest BCUT2D eigenvalue weighted by Gasteiger charge is -2.40. The maximum Gasteiger partial charge on any atom is 0.237 e. The molecule has 3 N–H and O–H groups in total. The number of piperidine rings is 1. The van der Waals surface area contributed by atoms with Crippen molar-refractivity contribution in [1.29, 1.82) is 0 Å². The highest BCUT2D eigenvalue weighted by atomic mass is 35.5. The van der Waals surface area contributed by atoms with E-state index in [0.717, 1.165) is 39.6 Å². The van der Waals surface area contributed by atoms with Gasteiger partial charge in [0.25, 0.3) is 0 Å². The summed E-state index contributed by atoms with van der Waals surface area (Å²) in [5.74, 6) is 1.92. The average molecular weight is 518 g/mol. The minimum absolute atomic E-state index is 0.304. The number of rotatable bonds is 6. The van der Waals surface area contributed by atoms with Gasteiger partial charge < -0.3 is 16.0 Å². The van der Waals surface area contributed by atoms with E-state index >= 15 is 0 Å². The number of carbonyl (C=O) groups is 1. The first-order valence-electron chi connectivity index (χ1n) is 12.6. The summed E-state index contributed by atoms with van der Waals surface area (Å²) in [7, 11) is 0. The number of benzene rings is 2. The molecule has 1 fully saturated rings. The number of likely N-dealkylation sites (N-methyl/N-ethyl adjacent to an activating group) is 1. The molecular weight excluding hydrogens is 486 g/mol. The van der Waals surface area contributed by atoms with Gasteiger partial charge in [0.1, 0.15) is 17.2 Å². The molecule has 2 aromatic heterocycles. The second-order valence-electron chi connectivity index (χ2n) is 9.80. The molecule has 9 heteroatoms. The molecule has 37 heavy (non-hydrogen) atoms. The van der Waals surface area contributed by atoms with Crippen LogP contribution >= 0.6 is 11.6 Å². The Bertz CT molecular complexity index is 1470. The third-order valence-electron chi connectivity index (χ3n) is 7.21. The number of halogens is 1. The SMILES string of the molecule is CCNC1(C(N)=O)CCN(c2nc(C)nc3c2nc(-c2ccc(C)cc2C)n3-c2ccc(Cl)cc2)CC1. The van der Waals surface area contributed by atoms with Crippen LogP contribution in [0.2, 0.25) is 5.02 Å². The first-order valence-corrected chi connectivity index (χ1v) is 13.0. The van der Waals surface area contributed by atoms with Gasteiger partial charge in [0, 0.05) is 29.4 Å². The number of hydrogen-bond donors (Lipinski definition) is 2. The van der Waals surface area contributed by atoms with Gasteiger partial charge in [-0.3, -0.25) is 9.36 Å². The van der Waals surface area contributed by atoms with Gasteiger partial charge in [-0.2, -0.15) is 0 Å². The molecule has 1 amide bonds. The van der Waals surface area contributed by atoms with Crippen molar-refractivity contribution in [3.05, 3.63) is 64.4 Å². The van der Waals surface area contributed by atoms with Crippen molar-refractivity contribution in [3.8, 4) is 17.1 Å². The molecule has 1 saturated heterocycles. The lowest BCUT2D eigenvalue weighted by atomic mass is 9.86. The van der Waals surface area contributed by atoms with Crippen LogP contribution in [0, 0.1) is 20.8 Å². The van der Waals surface area contributed by atoms with E-state index in [1.165, 1.54) is 5.56 Å². The Labute approximate surface area is 221 Å². The van der Waals surface area contributed by atoms with Crippen LogP contribution in [0.3, 0.4) is 0 Å². The molecule has 3 heterocycles. The largest absolute Gasteiger partial charge is 0.368 e. The molecule has 0 aliphatic carbocycles. The molecule has 192 valence electrons. The molecule has 0 unspecified atom stereocenters. The maximum absolute atomic E-state index is 12.3. The van der Waals surface area contributed by atoms with Gasteiger partial charge in [-0.05, 0) is 70.0 Å². The molecule has 0 atom stereocenters. The second kappa shape index (κ2) is 9.76. The molecule has 1 aliphatic rings. The third-order valence-corrected chi connectivity index (χ3v) is 7.46. The van der Waals surface area contributed by atoms with E-state index < -0.39 is 5.54 Å². The van der Waals surface area contributed by atoms with Gasteiger partial charge in [-0.15, -0.1) is 0 Å². The third kappa shape index (κ3) is 4.55. The molecule has 1 aliphatic heterocycles. The Kier molecular flexibility index (Phi) is 6.64. The number of anilines is 1. The van der Waals surface area contributed by atoms with Gasteiger partial charge >= 0.3 is 0 Å². The van der Waals surface area contributed by atoms with Crippen molar-refractivity contribution in [2.75, 3.05) is 24.5 Å². The van der Waals surface area contributed by atoms with E-state index in [0.29, 0.717) is 43.3 Å². The van der Waals surface area contributed by atoms with Crippen LogP contribution in [-0.4, -0.2) is 50.6 Å². The van der Waals surface area contributed by atoms with Gasteiger partial charge in [0.15, 0.2) is 17.0 Å². The number of carbonyl (C=O) groups excluding carboxylic acids is 1.